The van der Waals surface area contributed by atoms with Crippen molar-refractivity contribution in [1.29, 1.82) is 0 Å². The lowest BCUT2D eigenvalue weighted by Crippen LogP contribution is -2.60. The predicted octanol–water partition coefficient (Wildman–Crippen LogP) is -0.443. The van der Waals surface area contributed by atoms with Gasteiger partial charge in [0.25, 0.3) is 0 Å². The zero-order valence-corrected chi connectivity index (χ0v) is 23.9. The molecule has 14 heteroatoms. The molecule has 44 heavy (non-hydrogen) atoms. The Balaban J connectivity index is 1.54. The van der Waals surface area contributed by atoms with Gasteiger partial charge in [0.2, 0.25) is 23.6 Å². The van der Waals surface area contributed by atoms with Gasteiger partial charge in [0.15, 0.2) is 0 Å². The molecule has 0 bridgehead atoms. The normalized spacial score (nSPS) is 14.7. The van der Waals surface area contributed by atoms with Crippen LogP contribution in [-0.4, -0.2) is 80.1 Å². The first kappa shape index (κ1) is 31.7. The molecular formula is C30H35N7O7. The number of nitrogens with one attached hydrogen (secondary N) is 5. The van der Waals surface area contributed by atoms with Gasteiger partial charge in [-0.1, -0.05) is 36.4 Å². The lowest BCUT2D eigenvalue weighted by atomic mass is 10.0. The highest BCUT2D eigenvalue weighted by Crippen LogP contribution is 2.21. The molecule has 5 unspecified atom stereocenters. The number of aliphatic hydroxyl groups excluding tert-OH is 1. The van der Waals surface area contributed by atoms with Crippen molar-refractivity contribution in [3.63, 3.8) is 0 Å². The number of rotatable bonds is 14. The second kappa shape index (κ2) is 13.8. The first-order valence-corrected chi connectivity index (χ1v) is 13.9. The molecule has 0 aliphatic rings. The van der Waals surface area contributed by atoms with Crippen molar-refractivity contribution in [2.75, 3.05) is 0 Å². The highest BCUT2D eigenvalue weighted by Gasteiger charge is 2.33. The second-order valence-electron chi connectivity index (χ2n) is 10.6. The number of carbonyl (C=O) groups excluding carboxylic acids is 4. The van der Waals surface area contributed by atoms with Gasteiger partial charge in [0.05, 0.1) is 18.6 Å². The van der Waals surface area contributed by atoms with Gasteiger partial charge in [-0.05, 0) is 36.6 Å². The zero-order chi connectivity index (χ0) is 32.0. The van der Waals surface area contributed by atoms with Crippen LogP contribution in [0, 0.1) is 0 Å². The summed E-state index contributed by atoms with van der Waals surface area (Å²) in [6.07, 6.45) is 1.46. The van der Waals surface area contributed by atoms with Gasteiger partial charge in [-0.15, -0.1) is 0 Å². The van der Waals surface area contributed by atoms with E-state index >= 15 is 0 Å². The lowest BCUT2D eigenvalue weighted by molar-refractivity contribution is -0.144. The molecule has 4 amide bonds. The molecule has 11 N–H and O–H groups in total. The quantitative estimate of drug-likeness (QED) is 0.0909. The van der Waals surface area contributed by atoms with Gasteiger partial charge in [0.1, 0.15) is 18.1 Å². The third kappa shape index (κ3) is 7.59. The van der Waals surface area contributed by atoms with Gasteiger partial charge in [0, 0.05) is 40.6 Å². The molecule has 2 heterocycles. The number of nitrogens with two attached hydrogens (primary N) is 2. The molecule has 2 aromatic heterocycles. The van der Waals surface area contributed by atoms with Crippen molar-refractivity contribution in [1.82, 2.24) is 25.9 Å². The predicted molar refractivity (Wildman–Crippen MR) is 161 cm³/mol. The highest BCUT2D eigenvalue weighted by molar-refractivity contribution is 5.96. The number of aliphatic hydroxyl groups is 1. The zero-order valence-electron chi connectivity index (χ0n) is 23.9. The summed E-state index contributed by atoms with van der Waals surface area (Å²) in [5.74, 6) is -5.01. The van der Waals surface area contributed by atoms with Crippen molar-refractivity contribution in [3.05, 3.63) is 72.1 Å². The van der Waals surface area contributed by atoms with E-state index in [1.807, 2.05) is 48.5 Å². The molecule has 2 aromatic carbocycles. The minimum Gasteiger partial charge on any atom is -0.480 e. The Morgan fingerprint density at radius 3 is 1.82 bits per heavy atom. The largest absolute Gasteiger partial charge is 0.480 e. The van der Waals surface area contributed by atoms with Gasteiger partial charge in [-0.2, -0.15) is 0 Å². The molecule has 0 radical (unpaired) electrons. The van der Waals surface area contributed by atoms with Crippen LogP contribution in [0.25, 0.3) is 21.8 Å². The summed E-state index contributed by atoms with van der Waals surface area (Å²) in [5, 5.41) is 28.6. The monoisotopic (exact) mass is 605 g/mol. The van der Waals surface area contributed by atoms with E-state index in [4.69, 9.17) is 11.5 Å². The molecule has 4 rings (SSSR count). The molecule has 4 aromatic rings. The number of carbonyl (C=O) groups is 5. The molecule has 232 valence electrons. The van der Waals surface area contributed by atoms with E-state index in [1.165, 1.54) is 6.92 Å². The summed E-state index contributed by atoms with van der Waals surface area (Å²) in [7, 11) is 0. The Morgan fingerprint density at radius 2 is 1.30 bits per heavy atom. The summed E-state index contributed by atoms with van der Waals surface area (Å²) in [4.78, 5) is 68.9. The number of hydrogen-bond donors (Lipinski definition) is 9. The number of carboxylic acids is 1. The van der Waals surface area contributed by atoms with E-state index in [9.17, 15) is 34.2 Å². The van der Waals surface area contributed by atoms with Crippen LogP contribution >= 0.6 is 0 Å². The van der Waals surface area contributed by atoms with Gasteiger partial charge in [-0.25, -0.2) is 4.79 Å². The summed E-state index contributed by atoms with van der Waals surface area (Å²) in [6.45, 7) is 1.22. The Morgan fingerprint density at radius 1 is 0.773 bits per heavy atom. The van der Waals surface area contributed by atoms with Gasteiger partial charge in [-0.3, -0.25) is 19.2 Å². The van der Waals surface area contributed by atoms with Crippen LogP contribution in [0.4, 0.5) is 0 Å². The number of benzene rings is 2. The number of aromatic nitrogens is 2. The molecule has 0 spiro atoms. The smallest absolute Gasteiger partial charge is 0.326 e. The molecule has 14 nitrogen and oxygen atoms in total. The van der Waals surface area contributed by atoms with Crippen LogP contribution in [0.3, 0.4) is 0 Å². The SMILES string of the molecule is CC(O)C(NC(=O)C(Cc1c[nH]c2ccccc12)NC(=O)C(N)Cc1c[nH]c2ccccc12)C(=O)NC(CC(N)=O)C(=O)O. The van der Waals surface area contributed by atoms with Gasteiger partial charge < -0.3 is 47.6 Å². The van der Waals surface area contributed by atoms with E-state index < -0.39 is 66.3 Å². The number of para-hydroxylation sites is 2. The first-order valence-electron chi connectivity index (χ1n) is 13.9. The molecule has 0 aliphatic carbocycles. The number of amides is 4. The fraction of sp³-hybridized carbons (Fsp3) is 0.300. The Kier molecular flexibility index (Phi) is 9.98. The first-order chi connectivity index (χ1) is 20.9. The van der Waals surface area contributed by atoms with Gasteiger partial charge >= 0.3 is 5.97 Å². The maximum absolute atomic E-state index is 13.6. The Bertz CT molecular complexity index is 1680. The van der Waals surface area contributed by atoms with Crippen molar-refractivity contribution in [3.8, 4) is 0 Å². The van der Waals surface area contributed by atoms with Crippen LogP contribution < -0.4 is 27.4 Å². The van der Waals surface area contributed by atoms with E-state index in [0.717, 1.165) is 27.4 Å². The molecule has 0 saturated heterocycles. The van der Waals surface area contributed by atoms with Crippen molar-refractivity contribution in [2.24, 2.45) is 11.5 Å². The van der Waals surface area contributed by atoms with Crippen LogP contribution in [-0.2, 0) is 36.8 Å². The molecular weight excluding hydrogens is 570 g/mol. The number of hydrogen-bond acceptors (Lipinski definition) is 7. The van der Waals surface area contributed by atoms with Crippen LogP contribution in [0.2, 0.25) is 0 Å². The molecule has 0 aliphatic heterocycles. The highest BCUT2D eigenvalue weighted by atomic mass is 16.4. The van der Waals surface area contributed by atoms with Crippen LogP contribution in [0.5, 0.6) is 0 Å². The van der Waals surface area contributed by atoms with Crippen molar-refractivity contribution < 1.29 is 34.2 Å². The van der Waals surface area contributed by atoms with Crippen molar-refractivity contribution >= 4 is 51.4 Å². The minimum absolute atomic E-state index is 0.00499. The lowest BCUT2D eigenvalue weighted by Gasteiger charge is -2.26. The van der Waals surface area contributed by atoms with Crippen LogP contribution in [0.15, 0.2) is 60.9 Å². The average molecular weight is 606 g/mol. The third-order valence-electron chi connectivity index (χ3n) is 7.27. The second-order valence-corrected chi connectivity index (χ2v) is 10.6. The summed E-state index contributed by atoms with van der Waals surface area (Å²) < 4.78 is 0. The topological polar surface area (TPSA) is 246 Å². The summed E-state index contributed by atoms with van der Waals surface area (Å²) in [6, 6.07) is 9.32. The van der Waals surface area contributed by atoms with Crippen LogP contribution in [0.1, 0.15) is 24.5 Å². The fourth-order valence-electron chi connectivity index (χ4n) is 4.96. The van der Waals surface area contributed by atoms with E-state index in [0.29, 0.717) is 5.56 Å². The van der Waals surface area contributed by atoms with E-state index in [1.54, 1.807) is 12.4 Å². The molecule has 0 fully saturated rings. The number of H-pyrrole nitrogens is 2. The Labute approximate surface area is 251 Å². The standard InChI is InChI=1S/C30H35N7O7/c1-15(38)26(29(42)36-24(30(43)44)12-25(32)39)37-28(41)23(11-17-14-34-22-9-5-3-7-19(17)22)35-27(40)20(31)10-16-13-33-21-8-4-2-6-18(16)21/h2-9,13-15,20,23-24,26,33-34,38H,10-12,31H2,1H3,(H2,32,39)(H,35,40)(H,36,42)(H,37,41)(H,43,44). The summed E-state index contributed by atoms with van der Waals surface area (Å²) >= 11 is 0. The molecule has 5 atom stereocenters. The maximum atomic E-state index is 13.6. The Hall–Kier alpha value is -5.21. The number of aromatic amines is 2. The number of primary amides is 1. The summed E-state index contributed by atoms with van der Waals surface area (Å²) in [5.41, 5.74) is 14.5. The number of aliphatic carboxylic acids is 1. The maximum Gasteiger partial charge on any atom is 0.326 e. The third-order valence-corrected chi connectivity index (χ3v) is 7.27. The molecule has 0 saturated carbocycles. The van der Waals surface area contributed by atoms with Crippen molar-refractivity contribution in [2.45, 2.75) is 56.5 Å². The van der Waals surface area contributed by atoms with E-state index in [-0.39, 0.29) is 12.8 Å². The number of carboxylic acid groups (broad SMARTS) is 1. The average Bonchev–Trinajstić information content (AvgIpc) is 3.58. The minimum atomic E-state index is -1.68. The van der Waals surface area contributed by atoms with E-state index in [2.05, 4.69) is 25.9 Å². The number of fused-ring (bicyclic) bond motifs is 2. The fourth-order valence-corrected chi connectivity index (χ4v) is 4.96.